The Labute approximate surface area is 346 Å². The molecule has 0 radical (unpaired) electrons. The molecular weight excluding hydrogens is 817 g/mol. The van der Waals surface area contributed by atoms with Gasteiger partial charge in [-0.1, -0.05) is 27.2 Å². The van der Waals surface area contributed by atoms with Crippen molar-refractivity contribution in [3.8, 4) is 11.6 Å². The molecule has 3 saturated carbocycles. The number of methoxy groups -OCH3 is 1. The predicted octanol–water partition coefficient (Wildman–Crippen LogP) is 3.96. The highest BCUT2D eigenvalue weighted by Gasteiger charge is 2.67. The molecule has 8 atom stereocenters. The van der Waals surface area contributed by atoms with Gasteiger partial charge in [-0.05, 0) is 75.8 Å². The number of aliphatic hydroxyl groups is 1. The first-order chi connectivity index (χ1) is 28.1. The van der Waals surface area contributed by atoms with Gasteiger partial charge in [0.25, 0.3) is 11.8 Å². The minimum Gasteiger partial charge on any atom is -0.497 e. The summed E-state index contributed by atoms with van der Waals surface area (Å²) in [5.41, 5.74) is -2.88. The van der Waals surface area contributed by atoms with Gasteiger partial charge < -0.3 is 30.1 Å². The third-order valence-electron chi connectivity index (χ3n) is 12.5. The van der Waals surface area contributed by atoms with Crippen molar-refractivity contribution in [1.29, 1.82) is 0 Å². The third kappa shape index (κ3) is 9.13. The molecule has 4 amide bonds. The smallest absolute Gasteiger partial charge is 0.295 e. The highest BCUT2D eigenvalue weighted by molar-refractivity contribution is 7.91. The summed E-state index contributed by atoms with van der Waals surface area (Å²) in [6.45, 7) is 7.10. The highest BCUT2D eigenvalue weighted by atomic mass is 32.2. The first-order valence-electron chi connectivity index (χ1n) is 20.4. The zero-order valence-corrected chi connectivity index (χ0v) is 35.3. The Bertz CT molecular complexity index is 2110. The Kier molecular flexibility index (Phi) is 12.7. The molecule has 0 bridgehead atoms. The van der Waals surface area contributed by atoms with Crippen LogP contribution in [0.3, 0.4) is 0 Å². The van der Waals surface area contributed by atoms with Gasteiger partial charge >= 0.3 is 0 Å². The summed E-state index contributed by atoms with van der Waals surface area (Å²) >= 11 is 0. The summed E-state index contributed by atoms with van der Waals surface area (Å²) in [4.78, 5) is 64.6. The van der Waals surface area contributed by atoms with Gasteiger partial charge in [0.1, 0.15) is 29.5 Å². The van der Waals surface area contributed by atoms with E-state index in [1.807, 2.05) is 4.72 Å². The summed E-state index contributed by atoms with van der Waals surface area (Å²) in [6.07, 6.45) is -3.73. The maximum Gasteiger partial charge on any atom is 0.295 e. The fourth-order valence-electron chi connectivity index (χ4n) is 8.11. The molecule has 0 spiro atoms. The Hall–Kier alpha value is -4.33. The Morgan fingerprint density at radius 1 is 1.10 bits per heavy atom. The summed E-state index contributed by atoms with van der Waals surface area (Å²) in [7, 11) is -2.90. The topological polar surface area (TPSA) is 206 Å². The van der Waals surface area contributed by atoms with Crippen LogP contribution in [-0.2, 0) is 35.1 Å². The number of rotatable bonds is 19. The van der Waals surface area contributed by atoms with Crippen molar-refractivity contribution < 1.29 is 59.7 Å². The van der Waals surface area contributed by atoms with Gasteiger partial charge in [0.05, 0.1) is 41.5 Å². The lowest BCUT2D eigenvalue weighted by Gasteiger charge is -2.32. The lowest BCUT2D eigenvalue weighted by Crippen LogP contribution is -2.60. The fraction of sp³-hybridized carbons (Fsp3) is 0.700. The molecule has 1 aromatic carbocycles. The molecule has 332 valence electrons. The minimum atomic E-state index is -4.31. The van der Waals surface area contributed by atoms with Crippen molar-refractivity contribution in [2.75, 3.05) is 13.7 Å². The first-order valence-corrected chi connectivity index (χ1v) is 21.9. The summed E-state index contributed by atoms with van der Waals surface area (Å²) in [5, 5.41) is 14.6. The van der Waals surface area contributed by atoms with E-state index in [9.17, 15) is 41.5 Å². The molecule has 0 unspecified atom stereocenters. The van der Waals surface area contributed by atoms with Crippen LogP contribution in [0.4, 0.5) is 17.6 Å². The standard InChI is InChI=1S/C40H54F4N6O9S/c1-7-24-29(59-35-32(40(43,44)13-9-8-10-22-16-28(22)52)46-26-12-11-23(58-6)17-27(26)47-35)19-50(36(54)30(20(2)3)45-21(4)51)31(24)34(53)48-39(18-25(39)33(41)42)37(55)49-60(56,57)38(5)14-15-38/h11-12,17,20,22,24-25,28-31,33,52H,7-10,13-16,18-19H2,1-6H3,(H,45,51)(H,48,53)(H,49,55)/t22-,24-,25+,28-,29+,30+,31+,39-/m1/s1. The number of aliphatic hydroxyl groups excluding tert-OH is 1. The summed E-state index contributed by atoms with van der Waals surface area (Å²) in [6, 6.07) is 1.70. The van der Waals surface area contributed by atoms with E-state index < -0.39 is 129 Å². The molecule has 2 aromatic rings. The molecule has 1 aromatic heterocycles. The molecule has 6 rings (SSSR count). The average molecular weight is 871 g/mol. The number of benzene rings is 1. The number of hydrogen-bond acceptors (Lipinski definition) is 11. The number of nitrogens with zero attached hydrogens (tertiary/aromatic N) is 3. The van der Waals surface area contributed by atoms with E-state index in [2.05, 4.69) is 20.6 Å². The van der Waals surface area contributed by atoms with Gasteiger partial charge in [0.2, 0.25) is 40.1 Å². The number of alkyl halides is 4. The van der Waals surface area contributed by atoms with Crippen LogP contribution in [0.25, 0.3) is 11.0 Å². The maximum atomic E-state index is 16.3. The molecule has 4 fully saturated rings. The van der Waals surface area contributed by atoms with E-state index in [-0.39, 0.29) is 42.6 Å². The van der Waals surface area contributed by atoms with E-state index >= 15 is 8.78 Å². The zero-order valence-electron chi connectivity index (χ0n) is 34.5. The second-order valence-electron chi connectivity index (χ2n) is 17.3. The molecule has 1 saturated heterocycles. The van der Waals surface area contributed by atoms with Crippen molar-refractivity contribution in [3.05, 3.63) is 23.9 Å². The number of carbonyl (C=O) groups excluding carboxylic acids is 4. The molecule has 2 heterocycles. The van der Waals surface area contributed by atoms with E-state index in [1.165, 1.54) is 39.2 Å². The third-order valence-corrected chi connectivity index (χ3v) is 14.6. The van der Waals surface area contributed by atoms with Crippen LogP contribution in [0.2, 0.25) is 0 Å². The number of likely N-dealkylation sites (tertiary alicyclic amines) is 1. The molecule has 4 N–H and O–H groups in total. The van der Waals surface area contributed by atoms with Crippen LogP contribution in [0.5, 0.6) is 11.6 Å². The Balaban J connectivity index is 1.36. The van der Waals surface area contributed by atoms with Crippen LogP contribution in [-0.4, -0.2) is 107 Å². The van der Waals surface area contributed by atoms with E-state index in [1.54, 1.807) is 20.8 Å². The van der Waals surface area contributed by atoms with E-state index in [4.69, 9.17) is 9.47 Å². The summed E-state index contributed by atoms with van der Waals surface area (Å²) < 4.78 is 99.4. The quantitative estimate of drug-likeness (QED) is 0.118. The van der Waals surface area contributed by atoms with Crippen LogP contribution >= 0.6 is 0 Å². The van der Waals surface area contributed by atoms with Crippen LogP contribution in [0.15, 0.2) is 18.2 Å². The number of amides is 4. The van der Waals surface area contributed by atoms with Crippen molar-refractivity contribution in [2.45, 2.75) is 139 Å². The second kappa shape index (κ2) is 16.9. The molecule has 3 aliphatic carbocycles. The number of fused-ring (bicyclic) bond motifs is 1. The van der Waals surface area contributed by atoms with Gasteiger partial charge in [0.15, 0.2) is 5.69 Å². The van der Waals surface area contributed by atoms with Crippen LogP contribution in [0.1, 0.15) is 98.1 Å². The second-order valence-corrected chi connectivity index (χ2v) is 19.5. The average Bonchev–Trinajstić information content (AvgIpc) is 4.14. The van der Waals surface area contributed by atoms with Gasteiger partial charge in [-0.2, -0.15) is 8.78 Å². The number of unbranched alkanes of at least 4 members (excludes halogenated alkanes) is 1. The Morgan fingerprint density at radius 3 is 2.33 bits per heavy atom. The Morgan fingerprint density at radius 2 is 1.78 bits per heavy atom. The van der Waals surface area contributed by atoms with Crippen molar-refractivity contribution in [2.24, 2.45) is 23.7 Å². The monoisotopic (exact) mass is 870 g/mol. The zero-order chi connectivity index (χ0) is 44.1. The first kappa shape index (κ1) is 45.2. The van der Waals surface area contributed by atoms with Crippen molar-refractivity contribution in [1.82, 2.24) is 30.2 Å². The number of halogens is 4. The molecular formula is C40H54F4N6O9S. The normalized spacial score (nSPS) is 27.4. The number of aromatic nitrogens is 2. The van der Waals surface area contributed by atoms with Gasteiger partial charge in [-0.3, -0.25) is 23.9 Å². The number of ether oxygens (including phenoxy) is 2. The van der Waals surface area contributed by atoms with Gasteiger partial charge in [-0.25, -0.2) is 27.2 Å². The number of nitrogens with one attached hydrogen (secondary N) is 3. The molecule has 15 nitrogen and oxygen atoms in total. The SMILES string of the molecule is CC[C@@H]1[C@@H](Oc2nc3cc(OC)ccc3nc2C(F)(F)CCCC[C@@H]2C[C@H]2O)CN(C(=O)[C@@H](NC(C)=O)C(C)C)[C@@H]1C(=O)N[C@]1(C(=O)NS(=O)(=O)C2(C)CC2)C[C@H]1C(F)F. The summed E-state index contributed by atoms with van der Waals surface area (Å²) in [5.74, 6) is -10.8. The van der Waals surface area contributed by atoms with Gasteiger partial charge in [0, 0.05) is 25.3 Å². The molecule has 20 heteroatoms. The highest BCUT2D eigenvalue weighted by Crippen LogP contribution is 2.50. The minimum absolute atomic E-state index is 0.0524. The number of sulfonamides is 1. The van der Waals surface area contributed by atoms with Crippen LogP contribution in [0, 0.1) is 23.7 Å². The van der Waals surface area contributed by atoms with Crippen molar-refractivity contribution in [3.63, 3.8) is 0 Å². The molecule has 60 heavy (non-hydrogen) atoms. The van der Waals surface area contributed by atoms with E-state index in [0.29, 0.717) is 25.0 Å². The lowest BCUT2D eigenvalue weighted by molar-refractivity contribution is -0.144. The van der Waals surface area contributed by atoms with Gasteiger partial charge in [-0.15, -0.1) is 0 Å². The predicted molar refractivity (Wildman–Crippen MR) is 208 cm³/mol. The van der Waals surface area contributed by atoms with E-state index in [0.717, 1.165) is 4.90 Å². The lowest BCUT2D eigenvalue weighted by atomic mass is 9.93. The number of hydrogen-bond donors (Lipinski definition) is 4. The molecule has 4 aliphatic rings. The van der Waals surface area contributed by atoms with Crippen molar-refractivity contribution >= 4 is 44.7 Å². The number of carbonyl (C=O) groups is 4. The fourth-order valence-corrected chi connectivity index (χ4v) is 9.43. The molecule has 1 aliphatic heterocycles. The van der Waals surface area contributed by atoms with Crippen LogP contribution < -0.4 is 24.8 Å². The maximum absolute atomic E-state index is 16.3. The largest absolute Gasteiger partial charge is 0.497 e.